The molecule has 2 aromatic heterocycles. The number of aliphatic imine (C=N–C) groups is 4. The largest absolute Gasteiger partial charge is 2.00 e. The number of nitrogens with zero attached hydrogens (tertiary/aromatic N) is 8. The molecule has 6 heterocycles. The van der Waals surface area contributed by atoms with E-state index in [1.807, 2.05) is 0 Å². The van der Waals surface area contributed by atoms with E-state index in [-0.39, 0.29) is 77.6 Å². The Morgan fingerprint density at radius 2 is 1.00 bits per heavy atom. The van der Waals surface area contributed by atoms with E-state index in [2.05, 4.69) is 20.0 Å². The van der Waals surface area contributed by atoms with Gasteiger partial charge in [-0.25, -0.2) is 9.98 Å². The smallest absolute Gasteiger partial charge is 0.782 e. The Kier molecular flexibility index (Phi) is 12.2. The van der Waals surface area contributed by atoms with Crippen LogP contribution in [-0.4, -0.2) is 160 Å². The molecule has 4 aliphatic heterocycles. The quantitative estimate of drug-likeness (QED) is 0.162. The third-order valence-corrected chi connectivity index (χ3v) is 5.86. The van der Waals surface area contributed by atoms with Crippen LogP contribution in [0.1, 0.15) is 23.0 Å². The first kappa shape index (κ1) is 32.7. The summed E-state index contributed by atoms with van der Waals surface area (Å²) in [7, 11) is 0. The van der Waals surface area contributed by atoms with Crippen molar-refractivity contribution in [2.45, 2.75) is 24.7 Å². The molecule has 0 aliphatic carbocycles. The van der Waals surface area contributed by atoms with Crippen LogP contribution in [0.2, 0.25) is 0 Å². The van der Waals surface area contributed by atoms with Crippen molar-refractivity contribution in [2.75, 3.05) is 39.9 Å². The summed E-state index contributed by atoms with van der Waals surface area (Å²) in [6.45, 7) is 1.04. The molecule has 4 aliphatic rings. The molecule has 0 amide bonds. The molecule has 4 unspecified atom stereocenters. The topological polar surface area (TPSA) is 217 Å². The SMILES string of the molecule is [Ca+2].[O-]N1COCC1N=Cc1ccc(C=NC2COC=[N+]2[O-])o1.[O-]N1COCC1N=Cc1ccc(C=NC2COC=[N+]2[O-])o1. The zero-order valence-corrected chi connectivity index (χ0v) is 24.9. The van der Waals surface area contributed by atoms with Crippen LogP contribution in [0, 0.1) is 20.8 Å². The van der Waals surface area contributed by atoms with Crippen molar-refractivity contribution < 1.29 is 37.3 Å². The minimum atomic E-state index is -0.586. The van der Waals surface area contributed by atoms with Crippen LogP contribution in [-0.2, 0) is 18.9 Å². The summed E-state index contributed by atoms with van der Waals surface area (Å²) in [6.07, 6.45) is 5.76. The van der Waals surface area contributed by atoms with Crippen LogP contribution in [0.4, 0.5) is 0 Å². The van der Waals surface area contributed by atoms with Crippen LogP contribution in [0.5, 0.6) is 0 Å². The standard InChI is InChI=1S/2C12H13N4O5.Ca/c2*17-15-7-19-5-11(15)13-3-9-1-2-10(21-9)4-14-12-6-20-8-16(12)18;/h2*1-4,7,11-12H,5-6,8H2;/q2*-1;+2. The van der Waals surface area contributed by atoms with Crippen molar-refractivity contribution in [3.05, 3.63) is 68.1 Å². The molecule has 0 radical (unpaired) electrons. The monoisotopic (exact) mass is 626 g/mol. The molecule has 18 nitrogen and oxygen atoms in total. The Morgan fingerprint density at radius 1 is 0.628 bits per heavy atom. The molecule has 6 rings (SSSR count). The van der Waals surface area contributed by atoms with Gasteiger partial charge in [-0.2, -0.15) is 9.48 Å². The van der Waals surface area contributed by atoms with Gasteiger partial charge in [-0.05, 0) is 24.3 Å². The number of hydrogen-bond acceptors (Lipinski definition) is 16. The average Bonchev–Trinajstić information content (AvgIpc) is 3.82. The first-order chi connectivity index (χ1) is 20.4. The minimum Gasteiger partial charge on any atom is -0.782 e. The molecule has 0 bridgehead atoms. The van der Waals surface area contributed by atoms with Crippen molar-refractivity contribution in [3.8, 4) is 0 Å². The van der Waals surface area contributed by atoms with Crippen LogP contribution in [0.3, 0.4) is 0 Å². The van der Waals surface area contributed by atoms with Gasteiger partial charge in [0.1, 0.15) is 35.4 Å². The first-order valence-electron chi connectivity index (χ1n) is 12.6. The first-order valence-corrected chi connectivity index (χ1v) is 12.6. The van der Waals surface area contributed by atoms with E-state index in [4.69, 9.17) is 27.8 Å². The Morgan fingerprint density at radius 3 is 1.30 bits per heavy atom. The Bertz CT molecular complexity index is 1270. The van der Waals surface area contributed by atoms with E-state index >= 15 is 0 Å². The van der Waals surface area contributed by atoms with E-state index in [9.17, 15) is 20.8 Å². The minimum absolute atomic E-state index is 0. The predicted octanol–water partition coefficient (Wildman–Crippen LogP) is -0.129. The zero-order valence-electron chi connectivity index (χ0n) is 22.7. The van der Waals surface area contributed by atoms with Gasteiger partial charge in [0.05, 0.1) is 51.5 Å². The van der Waals surface area contributed by atoms with E-state index in [1.165, 1.54) is 24.9 Å². The van der Waals surface area contributed by atoms with Crippen molar-refractivity contribution in [2.24, 2.45) is 20.0 Å². The Labute approximate surface area is 274 Å². The van der Waals surface area contributed by atoms with Gasteiger partial charge in [0.2, 0.25) is 0 Å². The van der Waals surface area contributed by atoms with E-state index in [1.54, 1.807) is 24.3 Å². The van der Waals surface area contributed by atoms with Crippen molar-refractivity contribution >= 4 is 75.4 Å². The van der Waals surface area contributed by atoms with E-state index < -0.39 is 24.7 Å². The summed E-state index contributed by atoms with van der Waals surface area (Å²) in [5.41, 5.74) is 0. The molecule has 0 aromatic carbocycles. The second-order valence-electron chi connectivity index (χ2n) is 8.95. The van der Waals surface area contributed by atoms with Crippen LogP contribution >= 0.6 is 0 Å². The molecular formula is C24H26CaN8O10. The summed E-state index contributed by atoms with van der Waals surface area (Å²) >= 11 is 0. The maximum Gasteiger partial charge on any atom is 2.00 e. The van der Waals surface area contributed by atoms with Gasteiger partial charge in [-0.3, -0.25) is 9.98 Å². The Balaban J connectivity index is 0.000000192. The second-order valence-corrected chi connectivity index (χ2v) is 8.95. The number of hydrogen-bond donors (Lipinski definition) is 0. The molecule has 2 fully saturated rings. The van der Waals surface area contributed by atoms with Gasteiger partial charge in [0.15, 0.2) is 13.2 Å². The second kappa shape index (κ2) is 16.0. The molecule has 0 spiro atoms. The summed E-state index contributed by atoms with van der Waals surface area (Å²) in [5, 5.41) is 46.4. The molecule has 4 atom stereocenters. The maximum absolute atomic E-state index is 11.3. The third-order valence-electron chi connectivity index (χ3n) is 5.86. The van der Waals surface area contributed by atoms with Crippen molar-refractivity contribution in [3.63, 3.8) is 0 Å². The van der Waals surface area contributed by atoms with Gasteiger partial charge in [-0.15, -0.1) is 0 Å². The van der Waals surface area contributed by atoms with Crippen molar-refractivity contribution in [1.29, 1.82) is 0 Å². The number of hydroxylamine groups is 6. The summed E-state index contributed by atoms with van der Waals surface area (Å²) < 4.78 is 31.8. The number of rotatable bonds is 8. The molecular weight excluding hydrogens is 600 g/mol. The number of ether oxygens (including phenoxy) is 4. The number of furan rings is 2. The molecule has 0 N–H and O–H groups in total. The maximum atomic E-state index is 11.3. The summed E-state index contributed by atoms with van der Waals surface area (Å²) in [6, 6.07) is 6.78. The molecule has 19 heteroatoms. The molecule has 2 saturated heterocycles. The van der Waals surface area contributed by atoms with Gasteiger partial charge in [0, 0.05) is 0 Å². The van der Waals surface area contributed by atoms with Gasteiger partial charge >= 0.3 is 50.5 Å². The molecule has 2 aromatic rings. The molecule has 0 saturated carbocycles. The summed E-state index contributed by atoms with van der Waals surface area (Å²) in [4.78, 5) is 16.3. The van der Waals surface area contributed by atoms with Gasteiger partial charge in [0.25, 0.3) is 12.3 Å². The van der Waals surface area contributed by atoms with Crippen LogP contribution in [0.25, 0.3) is 0 Å². The summed E-state index contributed by atoms with van der Waals surface area (Å²) in [5.74, 6) is 1.95. The zero-order chi connectivity index (χ0) is 29.3. The fourth-order valence-corrected chi connectivity index (χ4v) is 3.63. The Hall–Kier alpha value is -3.20. The van der Waals surface area contributed by atoms with Crippen LogP contribution < -0.4 is 0 Å². The van der Waals surface area contributed by atoms with Crippen molar-refractivity contribution in [1.82, 2.24) is 10.1 Å². The van der Waals surface area contributed by atoms with Crippen LogP contribution in [0.15, 0.2) is 53.1 Å². The van der Waals surface area contributed by atoms with Gasteiger partial charge in [-0.1, -0.05) is 0 Å². The van der Waals surface area contributed by atoms with E-state index in [0.717, 1.165) is 22.9 Å². The average molecular weight is 627 g/mol. The normalized spacial score (nSPS) is 26.2. The van der Waals surface area contributed by atoms with Gasteiger partial charge < -0.3 is 58.7 Å². The van der Waals surface area contributed by atoms with E-state index in [0.29, 0.717) is 32.5 Å². The molecule has 224 valence electrons. The predicted molar refractivity (Wildman–Crippen MR) is 152 cm³/mol. The third kappa shape index (κ3) is 9.39. The fourth-order valence-electron chi connectivity index (χ4n) is 3.63. The molecule has 43 heavy (non-hydrogen) atoms. The fraction of sp³-hybridized carbons (Fsp3) is 0.417.